The first-order chi connectivity index (χ1) is 7.31. The summed E-state index contributed by atoms with van der Waals surface area (Å²) < 4.78 is 0. The first-order valence-electron chi connectivity index (χ1n) is 4.86. The van der Waals surface area contributed by atoms with E-state index in [1.165, 1.54) is 0 Å². The van der Waals surface area contributed by atoms with E-state index < -0.39 is 0 Å². The van der Waals surface area contributed by atoms with Gasteiger partial charge >= 0.3 is 0 Å². The van der Waals surface area contributed by atoms with Crippen LogP contribution >= 0.6 is 0 Å². The minimum Gasteiger partial charge on any atom is -0.371 e. The molecular weight excluding hydrogens is 190 g/mol. The predicted octanol–water partition coefficient (Wildman–Crippen LogP) is 1.11. The van der Waals surface area contributed by atoms with Gasteiger partial charge in [0.2, 0.25) is 0 Å². The van der Waals surface area contributed by atoms with Crippen molar-refractivity contribution in [2.45, 2.75) is 13.3 Å². The second-order valence-electron chi connectivity index (χ2n) is 3.03. The Labute approximate surface area is 89.5 Å². The molecule has 15 heavy (non-hydrogen) atoms. The highest BCUT2D eigenvalue weighted by atomic mass is 15.2. The lowest BCUT2D eigenvalue weighted by Crippen LogP contribution is -2.24. The van der Waals surface area contributed by atoms with Crippen LogP contribution in [0.5, 0.6) is 0 Å². The van der Waals surface area contributed by atoms with Crippen molar-refractivity contribution in [2.75, 3.05) is 23.4 Å². The summed E-state index contributed by atoms with van der Waals surface area (Å²) in [5.41, 5.74) is 3.52. The molecule has 3 N–H and O–H groups in total. The van der Waals surface area contributed by atoms with Crippen LogP contribution in [-0.2, 0) is 0 Å². The highest BCUT2D eigenvalue weighted by Gasteiger charge is 2.04. The molecule has 0 amide bonds. The maximum Gasteiger partial charge on any atom is 0.141 e. The van der Waals surface area contributed by atoms with Gasteiger partial charge in [-0.25, -0.2) is 10.8 Å². The average Bonchev–Trinajstić information content (AvgIpc) is 2.30. The zero-order chi connectivity index (χ0) is 11.1. The van der Waals surface area contributed by atoms with Crippen LogP contribution in [0.1, 0.15) is 13.3 Å². The van der Waals surface area contributed by atoms with Gasteiger partial charge in [-0.1, -0.05) is 0 Å². The van der Waals surface area contributed by atoms with Crippen LogP contribution in [0.4, 0.5) is 11.5 Å². The number of hydrogen-bond acceptors (Lipinski definition) is 5. The lowest BCUT2D eigenvalue weighted by atomic mass is 10.3. The minimum absolute atomic E-state index is 0.515. The molecule has 1 heterocycles. The number of aromatic nitrogens is 1. The molecule has 0 aliphatic rings. The molecule has 80 valence electrons. The molecule has 0 unspecified atom stereocenters. The number of nitrogens with zero attached hydrogens (tertiary/aromatic N) is 3. The van der Waals surface area contributed by atoms with E-state index in [2.05, 4.69) is 21.4 Å². The van der Waals surface area contributed by atoms with Crippen LogP contribution in [0.2, 0.25) is 0 Å². The molecule has 0 fully saturated rings. The van der Waals surface area contributed by atoms with Gasteiger partial charge in [0.25, 0.3) is 0 Å². The molecule has 0 bridgehead atoms. The van der Waals surface area contributed by atoms with Crippen molar-refractivity contribution in [1.29, 1.82) is 5.26 Å². The SMILES string of the molecule is CCN(CCC#N)c1ccnc(NN)c1. The molecule has 0 atom stereocenters. The largest absolute Gasteiger partial charge is 0.371 e. The highest BCUT2D eigenvalue weighted by Crippen LogP contribution is 2.16. The van der Waals surface area contributed by atoms with Crippen LogP contribution < -0.4 is 16.2 Å². The quantitative estimate of drug-likeness (QED) is 0.556. The Morgan fingerprint density at radius 2 is 2.47 bits per heavy atom. The van der Waals surface area contributed by atoms with Gasteiger partial charge in [-0.15, -0.1) is 0 Å². The van der Waals surface area contributed by atoms with E-state index in [0.717, 1.165) is 18.8 Å². The minimum atomic E-state index is 0.515. The van der Waals surface area contributed by atoms with Crippen LogP contribution in [0.25, 0.3) is 0 Å². The lowest BCUT2D eigenvalue weighted by Gasteiger charge is -2.21. The molecule has 0 aromatic carbocycles. The van der Waals surface area contributed by atoms with Gasteiger partial charge in [-0.2, -0.15) is 5.26 Å². The zero-order valence-corrected chi connectivity index (χ0v) is 8.77. The van der Waals surface area contributed by atoms with Gasteiger partial charge in [0.1, 0.15) is 5.82 Å². The van der Waals surface area contributed by atoms with Crippen LogP contribution in [0.3, 0.4) is 0 Å². The first-order valence-corrected chi connectivity index (χ1v) is 4.86. The summed E-state index contributed by atoms with van der Waals surface area (Å²) in [4.78, 5) is 6.13. The Morgan fingerprint density at radius 1 is 1.67 bits per heavy atom. The Kier molecular flexibility index (Phi) is 4.38. The van der Waals surface area contributed by atoms with Crippen molar-refractivity contribution in [3.05, 3.63) is 18.3 Å². The summed E-state index contributed by atoms with van der Waals surface area (Å²) >= 11 is 0. The third-order valence-corrected chi connectivity index (χ3v) is 2.13. The third-order valence-electron chi connectivity index (χ3n) is 2.13. The number of nitriles is 1. The van der Waals surface area contributed by atoms with Gasteiger partial charge in [-0.05, 0) is 13.0 Å². The van der Waals surface area contributed by atoms with Gasteiger partial charge in [-0.3, -0.25) is 0 Å². The Hall–Kier alpha value is -1.80. The average molecular weight is 205 g/mol. The van der Waals surface area contributed by atoms with Crippen molar-refractivity contribution >= 4 is 11.5 Å². The molecule has 1 aromatic rings. The van der Waals surface area contributed by atoms with Crippen molar-refractivity contribution in [2.24, 2.45) is 5.84 Å². The van der Waals surface area contributed by atoms with Gasteiger partial charge in [0.05, 0.1) is 12.5 Å². The van der Waals surface area contributed by atoms with E-state index in [1.54, 1.807) is 6.20 Å². The highest BCUT2D eigenvalue weighted by molar-refractivity contribution is 5.53. The fourth-order valence-electron chi connectivity index (χ4n) is 1.35. The normalized spacial score (nSPS) is 9.40. The smallest absolute Gasteiger partial charge is 0.141 e. The van der Waals surface area contributed by atoms with Crippen molar-refractivity contribution < 1.29 is 0 Å². The van der Waals surface area contributed by atoms with Gasteiger partial charge in [0, 0.05) is 31.0 Å². The Bertz CT molecular complexity index is 344. The fraction of sp³-hybridized carbons (Fsp3) is 0.400. The lowest BCUT2D eigenvalue weighted by molar-refractivity contribution is 0.826. The molecule has 0 radical (unpaired) electrons. The number of rotatable bonds is 5. The standard InChI is InChI=1S/C10H15N5/c1-2-15(7-3-5-11)9-4-6-13-10(8-9)14-12/h4,6,8H,2-3,7,12H2,1H3,(H,13,14). The van der Waals surface area contributed by atoms with E-state index >= 15 is 0 Å². The molecule has 5 heteroatoms. The summed E-state index contributed by atoms with van der Waals surface area (Å²) in [5, 5.41) is 8.54. The number of anilines is 2. The van der Waals surface area contributed by atoms with E-state index in [1.807, 2.05) is 19.1 Å². The molecule has 0 spiro atoms. The molecule has 1 aromatic heterocycles. The number of pyridine rings is 1. The molecule has 5 nitrogen and oxygen atoms in total. The first kappa shape index (κ1) is 11.3. The number of hydrazine groups is 1. The molecular formula is C10H15N5. The number of nitrogens with one attached hydrogen (secondary N) is 1. The number of nitrogens with two attached hydrogens (primary N) is 1. The predicted molar refractivity (Wildman–Crippen MR) is 60.2 cm³/mol. The second-order valence-corrected chi connectivity index (χ2v) is 3.03. The van der Waals surface area contributed by atoms with Crippen LogP contribution in [0, 0.1) is 11.3 Å². The molecule has 0 saturated heterocycles. The van der Waals surface area contributed by atoms with Gasteiger partial charge < -0.3 is 10.3 Å². The van der Waals surface area contributed by atoms with Crippen LogP contribution in [-0.4, -0.2) is 18.1 Å². The van der Waals surface area contributed by atoms with E-state index in [-0.39, 0.29) is 0 Å². The maximum atomic E-state index is 8.54. The second kappa shape index (κ2) is 5.83. The number of hydrogen-bond donors (Lipinski definition) is 2. The van der Waals surface area contributed by atoms with Gasteiger partial charge in [0.15, 0.2) is 0 Å². The monoisotopic (exact) mass is 205 g/mol. The third kappa shape index (κ3) is 3.11. The van der Waals surface area contributed by atoms with Crippen LogP contribution in [0.15, 0.2) is 18.3 Å². The summed E-state index contributed by atoms with van der Waals surface area (Å²) in [6, 6.07) is 5.90. The summed E-state index contributed by atoms with van der Waals surface area (Å²) in [5.74, 6) is 5.90. The molecule has 0 aliphatic heterocycles. The number of nitrogen functional groups attached to an aromatic ring is 1. The van der Waals surface area contributed by atoms with E-state index in [9.17, 15) is 0 Å². The molecule has 0 saturated carbocycles. The topological polar surface area (TPSA) is 78.0 Å². The zero-order valence-electron chi connectivity index (χ0n) is 8.77. The van der Waals surface area contributed by atoms with E-state index in [4.69, 9.17) is 11.1 Å². The Morgan fingerprint density at radius 3 is 3.07 bits per heavy atom. The maximum absolute atomic E-state index is 8.54. The summed E-state index contributed by atoms with van der Waals surface area (Å²) in [6.07, 6.45) is 2.21. The summed E-state index contributed by atoms with van der Waals surface area (Å²) in [7, 11) is 0. The van der Waals surface area contributed by atoms with Crippen molar-refractivity contribution in [3.8, 4) is 6.07 Å². The van der Waals surface area contributed by atoms with E-state index in [0.29, 0.717) is 12.2 Å². The Balaban J connectivity index is 2.77. The summed E-state index contributed by atoms with van der Waals surface area (Å²) in [6.45, 7) is 3.63. The fourth-order valence-corrected chi connectivity index (χ4v) is 1.35. The van der Waals surface area contributed by atoms with Crippen molar-refractivity contribution in [3.63, 3.8) is 0 Å². The van der Waals surface area contributed by atoms with Crippen molar-refractivity contribution in [1.82, 2.24) is 4.98 Å². The molecule has 0 aliphatic carbocycles. The molecule has 1 rings (SSSR count).